The Morgan fingerprint density at radius 3 is 2.68 bits per heavy atom. The number of hydrogen-bond donors (Lipinski definition) is 1. The summed E-state index contributed by atoms with van der Waals surface area (Å²) in [6, 6.07) is 7.05. The van der Waals surface area contributed by atoms with E-state index in [9.17, 15) is 14.4 Å². The summed E-state index contributed by atoms with van der Waals surface area (Å²) in [6.45, 7) is 4.82. The lowest BCUT2D eigenvalue weighted by molar-refractivity contribution is -0.144. The van der Waals surface area contributed by atoms with E-state index in [0.717, 1.165) is 17.7 Å². The van der Waals surface area contributed by atoms with Crippen LogP contribution in [0.5, 0.6) is 0 Å². The van der Waals surface area contributed by atoms with Gasteiger partial charge in [-0.3, -0.25) is 14.4 Å². The number of fused-ring (bicyclic) bond motifs is 1. The molecule has 134 valence electrons. The summed E-state index contributed by atoms with van der Waals surface area (Å²) in [5.41, 5.74) is 1.68. The van der Waals surface area contributed by atoms with Gasteiger partial charge in [0.25, 0.3) is 0 Å². The highest BCUT2D eigenvalue weighted by molar-refractivity contribution is 6.00. The first-order chi connectivity index (χ1) is 11.9. The molecule has 3 unspecified atom stereocenters. The number of carbonyl (C=O) groups is 3. The van der Waals surface area contributed by atoms with Gasteiger partial charge in [-0.05, 0) is 17.5 Å². The average Bonchev–Trinajstić information content (AvgIpc) is 2.85. The molecule has 3 amide bonds. The second kappa shape index (κ2) is 6.86. The van der Waals surface area contributed by atoms with Crippen LogP contribution in [0.15, 0.2) is 24.3 Å². The van der Waals surface area contributed by atoms with Crippen molar-refractivity contribution < 1.29 is 14.4 Å². The van der Waals surface area contributed by atoms with E-state index in [1.807, 2.05) is 38.1 Å². The van der Waals surface area contributed by atoms with Crippen LogP contribution in [0.1, 0.15) is 32.3 Å². The predicted molar refractivity (Wildman–Crippen MR) is 94.6 cm³/mol. The molecule has 0 aromatic heterocycles. The molecule has 0 radical (unpaired) electrons. The minimum Gasteiger partial charge on any atom is -0.345 e. The lowest BCUT2D eigenvalue weighted by atomic mass is 9.95. The van der Waals surface area contributed by atoms with Crippen LogP contribution < -0.4 is 5.32 Å². The molecule has 2 aliphatic rings. The van der Waals surface area contributed by atoms with Gasteiger partial charge in [0.15, 0.2) is 0 Å². The smallest absolute Gasteiger partial charge is 0.247 e. The predicted octanol–water partition coefficient (Wildman–Crippen LogP) is 1.86. The van der Waals surface area contributed by atoms with Crippen molar-refractivity contribution in [2.24, 2.45) is 11.8 Å². The van der Waals surface area contributed by atoms with Crippen molar-refractivity contribution in [1.29, 1.82) is 0 Å². The van der Waals surface area contributed by atoms with Gasteiger partial charge in [0.1, 0.15) is 6.04 Å². The average molecular weight is 343 g/mol. The fourth-order valence-electron chi connectivity index (χ4n) is 3.68. The fourth-order valence-corrected chi connectivity index (χ4v) is 3.68. The van der Waals surface area contributed by atoms with Crippen LogP contribution in [-0.2, 0) is 20.9 Å². The molecule has 6 heteroatoms. The molecule has 2 heterocycles. The SMILES string of the molecule is CCC(C)C1C(=O)Nc2ccccc2CN1C(=O)C1CC(=O)N(C)C1. The topological polar surface area (TPSA) is 69.7 Å². The van der Waals surface area contributed by atoms with Crippen molar-refractivity contribution in [3.63, 3.8) is 0 Å². The Hall–Kier alpha value is -2.37. The Morgan fingerprint density at radius 2 is 2.04 bits per heavy atom. The first-order valence-corrected chi connectivity index (χ1v) is 8.85. The molecule has 25 heavy (non-hydrogen) atoms. The minimum absolute atomic E-state index is 0.0156. The highest BCUT2D eigenvalue weighted by Crippen LogP contribution is 2.30. The molecular weight excluding hydrogens is 318 g/mol. The fraction of sp³-hybridized carbons (Fsp3) is 0.526. The Labute approximate surface area is 148 Å². The monoisotopic (exact) mass is 343 g/mol. The van der Waals surface area contributed by atoms with Crippen LogP contribution in [0.2, 0.25) is 0 Å². The van der Waals surface area contributed by atoms with E-state index in [1.165, 1.54) is 0 Å². The molecule has 6 nitrogen and oxygen atoms in total. The zero-order chi connectivity index (χ0) is 18.1. The summed E-state index contributed by atoms with van der Waals surface area (Å²) in [7, 11) is 1.71. The van der Waals surface area contributed by atoms with Crippen molar-refractivity contribution in [1.82, 2.24) is 9.80 Å². The number of nitrogens with zero attached hydrogens (tertiary/aromatic N) is 2. The Kier molecular flexibility index (Phi) is 4.79. The Morgan fingerprint density at radius 1 is 1.32 bits per heavy atom. The number of likely N-dealkylation sites (tertiary alicyclic amines) is 1. The number of para-hydroxylation sites is 1. The van der Waals surface area contributed by atoms with Crippen LogP contribution in [0, 0.1) is 11.8 Å². The first-order valence-electron chi connectivity index (χ1n) is 8.85. The maximum absolute atomic E-state index is 13.2. The normalized spacial score (nSPS) is 24.6. The zero-order valence-electron chi connectivity index (χ0n) is 15.0. The number of rotatable bonds is 3. The van der Waals surface area contributed by atoms with E-state index in [-0.39, 0.29) is 36.0 Å². The van der Waals surface area contributed by atoms with Gasteiger partial charge >= 0.3 is 0 Å². The van der Waals surface area contributed by atoms with Crippen LogP contribution in [0.3, 0.4) is 0 Å². The molecule has 1 N–H and O–H groups in total. The van der Waals surface area contributed by atoms with Crippen molar-refractivity contribution in [3.05, 3.63) is 29.8 Å². The van der Waals surface area contributed by atoms with Crippen molar-refractivity contribution >= 4 is 23.4 Å². The van der Waals surface area contributed by atoms with Gasteiger partial charge in [0.05, 0.1) is 5.92 Å². The second-order valence-corrected chi connectivity index (χ2v) is 7.12. The Bertz CT molecular complexity index is 703. The molecule has 3 atom stereocenters. The zero-order valence-corrected chi connectivity index (χ0v) is 15.0. The van der Waals surface area contributed by atoms with Crippen LogP contribution in [0.25, 0.3) is 0 Å². The maximum atomic E-state index is 13.2. The van der Waals surface area contributed by atoms with Gasteiger partial charge in [-0.25, -0.2) is 0 Å². The van der Waals surface area contributed by atoms with Crippen molar-refractivity contribution in [3.8, 4) is 0 Å². The molecule has 0 aliphatic carbocycles. The third kappa shape index (κ3) is 3.25. The molecule has 3 rings (SSSR count). The van der Waals surface area contributed by atoms with Crippen LogP contribution >= 0.6 is 0 Å². The van der Waals surface area contributed by atoms with E-state index >= 15 is 0 Å². The standard InChI is InChI=1S/C19H25N3O3/c1-4-12(2)17-18(24)20-15-8-6-5-7-13(15)11-22(17)19(25)14-9-16(23)21(3)10-14/h5-8,12,14,17H,4,9-11H2,1-3H3,(H,20,24). The minimum atomic E-state index is -0.522. The summed E-state index contributed by atoms with van der Waals surface area (Å²) in [5.74, 6) is -0.603. The van der Waals surface area contributed by atoms with Gasteiger partial charge in [-0.15, -0.1) is 0 Å². The largest absolute Gasteiger partial charge is 0.345 e. The van der Waals surface area contributed by atoms with Gasteiger partial charge < -0.3 is 15.1 Å². The summed E-state index contributed by atoms with van der Waals surface area (Å²) in [6.07, 6.45) is 1.02. The Balaban J connectivity index is 1.95. The van der Waals surface area contributed by atoms with Gasteiger partial charge in [-0.2, -0.15) is 0 Å². The molecule has 0 spiro atoms. The lowest BCUT2D eigenvalue weighted by Gasteiger charge is -2.34. The maximum Gasteiger partial charge on any atom is 0.247 e. The van der Waals surface area contributed by atoms with E-state index in [4.69, 9.17) is 0 Å². The van der Waals surface area contributed by atoms with Crippen molar-refractivity contribution in [2.75, 3.05) is 18.9 Å². The highest BCUT2D eigenvalue weighted by Gasteiger charge is 2.41. The molecule has 1 aromatic carbocycles. The molecule has 1 saturated heterocycles. The molecule has 0 bridgehead atoms. The summed E-state index contributed by atoms with van der Waals surface area (Å²) in [5, 5.41) is 2.97. The number of benzene rings is 1. The highest BCUT2D eigenvalue weighted by atomic mass is 16.2. The van der Waals surface area contributed by atoms with E-state index in [0.29, 0.717) is 13.1 Å². The summed E-state index contributed by atoms with van der Waals surface area (Å²) >= 11 is 0. The second-order valence-electron chi connectivity index (χ2n) is 7.12. The molecule has 1 aromatic rings. The quantitative estimate of drug-likeness (QED) is 0.911. The molecule has 0 saturated carbocycles. The van der Waals surface area contributed by atoms with Crippen molar-refractivity contribution in [2.45, 2.75) is 39.3 Å². The van der Waals surface area contributed by atoms with Gasteiger partial charge in [-0.1, -0.05) is 38.5 Å². The van der Waals surface area contributed by atoms with Gasteiger partial charge in [0, 0.05) is 32.2 Å². The van der Waals surface area contributed by atoms with Crippen LogP contribution in [-0.4, -0.2) is 47.2 Å². The third-order valence-corrected chi connectivity index (χ3v) is 5.38. The summed E-state index contributed by atoms with van der Waals surface area (Å²) < 4.78 is 0. The number of anilines is 1. The van der Waals surface area contributed by atoms with E-state index < -0.39 is 6.04 Å². The van der Waals surface area contributed by atoms with Gasteiger partial charge in [0.2, 0.25) is 17.7 Å². The van der Waals surface area contributed by atoms with Crippen LogP contribution in [0.4, 0.5) is 5.69 Å². The number of carbonyl (C=O) groups excluding carboxylic acids is 3. The molecule has 2 aliphatic heterocycles. The van der Waals surface area contributed by atoms with E-state index in [1.54, 1.807) is 16.8 Å². The number of amides is 3. The summed E-state index contributed by atoms with van der Waals surface area (Å²) in [4.78, 5) is 41.2. The molecule has 1 fully saturated rings. The first kappa shape index (κ1) is 17.5. The lowest BCUT2D eigenvalue weighted by Crippen LogP contribution is -2.51. The number of nitrogens with one attached hydrogen (secondary N) is 1. The third-order valence-electron chi connectivity index (χ3n) is 5.38. The number of hydrogen-bond acceptors (Lipinski definition) is 3. The molecular formula is C19H25N3O3. The van der Waals surface area contributed by atoms with E-state index in [2.05, 4.69) is 5.32 Å².